The van der Waals surface area contributed by atoms with Gasteiger partial charge in [-0.15, -0.1) is 0 Å². The number of amides is 2. The van der Waals surface area contributed by atoms with E-state index < -0.39 is 29.5 Å². The largest absolute Gasteiger partial charge is 0.416 e. The average molecular weight is 456 g/mol. The number of nitrogens with zero attached hydrogens (tertiary/aromatic N) is 2. The third kappa shape index (κ3) is 6.69. The fourth-order valence-corrected chi connectivity index (χ4v) is 2.86. The highest BCUT2D eigenvalue weighted by atomic mass is 35.5. The lowest BCUT2D eigenvalue weighted by Crippen LogP contribution is -2.31. The minimum atomic E-state index is -4.60. The number of benzene rings is 2. The van der Waals surface area contributed by atoms with Crippen molar-refractivity contribution in [2.24, 2.45) is 16.5 Å². The van der Waals surface area contributed by atoms with Gasteiger partial charge in [0.25, 0.3) is 11.8 Å². The minimum Gasteiger partial charge on any atom is -0.370 e. The van der Waals surface area contributed by atoms with E-state index in [1.54, 1.807) is 0 Å². The molecule has 2 amide bonds. The fourth-order valence-electron chi connectivity index (χ4n) is 2.64. The van der Waals surface area contributed by atoms with Crippen LogP contribution in [0.1, 0.15) is 26.3 Å². The minimum absolute atomic E-state index is 0.00168. The second kappa shape index (κ2) is 9.80. The highest BCUT2D eigenvalue weighted by molar-refractivity contribution is 6.33. The Morgan fingerprint density at radius 2 is 1.74 bits per heavy atom. The van der Waals surface area contributed by atoms with E-state index in [-0.39, 0.29) is 27.3 Å². The maximum Gasteiger partial charge on any atom is 0.416 e. The molecule has 11 heteroatoms. The highest BCUT2D eigenvalue weighted by Crippen LogP contribution is 2.36. The van der Waals surface area contributed by atoms with Crippen molar-refractivity contribution in [3.8, 4) is 11.1 Å². The molecule has 0 heterocycles. The van der Waals surface area contributed by atoms with E-state index in [0.29, 0.717) is 13.1 Å². The number of carbonyl (C=O) groups is 2. The van der Waals surface area contributed by atoms with Crippen LogP contribution in [-0.4, -0.2) is 49.9 Å². The first kappa shape index (κ1) is 24.2. The van der Waals surface area contributed by atoms with Crippen LogP contribution in [0.2, 0.25) is 5.02 Å². The van der Waals surface area contributed by atoms with Crippen molar-refractivity contribution in [1.29, 1.82) is 0 Å². The number of likely N-dealkylation sites (N-methyl/N-ethyl adjacent to an activating group) is 1. The molecule has 0 bridgehead atoms. The summed E-state index contributed by atoms with van der Waals surface area (Å²) in [5.41, 5.74) is 9.64. The quantitative estimate of drug-likeness (QED) is 0.458. The van der Waals surface area contributed by atoms with Crippen molar-refractivity contribution in [3.05, 3.63) is 58.1 Å². The summed E-state index contributed by atoms with van der Waals surface area (Å²) in [5, 5.41) is 2.69. The number of hydrogen-bond acceptors (Lipinski definition) is 3. The first-order valence-corrected chi connectivity index (χ1v) is 9.35. The normalized spacial score (nSPS) is 11.3. The number of guanidine groups is 1. The van der Waals surface area contributed by atoms with Gasteiger partial charge in [-0.2, -0.15) is 18.2 Å². The van der Waals surface area contributed by atoms with Crippen molar-refractivity contribution < 1.29 is 22.8 Å². The van der Waals surface area contributed by atoms with E-state index in [4.69, 9.17) is 23.1 Å². The number of nitrogens with two attached hydrogens (primary N) is 2. The Labute approximate surface area is 181 Å². The Hall–Kier alpha value is -3.11. The molecule has 0 atom stereocenters. The number of rotatable bonds is 6. The zero-order chi connectivity index (χ0) is 23.3. The lowest BCUT2D eigenvalue weighted by atomic mass is 9.97. The van der Waals surface area contributed by atoms with Crippen molar-refractivity contribution in [2.45, 2.75) is 6.18 Å². The van der Waals surface area contributed by atoms with Crippen LogP contribution in [0, 0.1) is 0 Å². The highest BCUT2D eigenvalue weighted by Gasteiger charge is 2.31. The first-order chi connectivity index (χ1) is 14.4. The molecule has 0 aromatic heterocycles. The fraction of sp³-hybridized carbons (Fsp3) is 0.250. The number of carbonyl (C=O) groups excluding carboxylic acids is 2. The number of halogens is 4. The van der Waals surface area contributed by atoms with Crippen molar-refractivity contribution in [1.82, 2.24) is 10.2 Å². The van der Waals surface area contributed by atoms with Crippen LogP contribution in [0.15, 0.2) is 41.4 Å². The maximum absolute atomic E-state index is 13.2. The summed E-state index contributed by atoms with van der Waals surface area (Å²) in [7, 11) is 3.66. The number of nitrogens with one attached hydrogen (secondary N) is 1. The Kier molecular flexibility index (Phi) is 7.64. The van der Waals surface area contributed by atoms with Crippen LogP contribution in [-0.2, 0) is 6.18 Å². The monoisotopic (exact) mass is 455 g/mol. The Morgan fingerprint density at radius 3 is 2.32 bits per heavy atom. The van der Waals surface area contributed by atoms with Crippen molar-refractivity contribution in [2.75, 3.05) is 27.2 Å². The van der Waals surface area contributed by atoms with E-state index in [1.807, 2.05) is 19.0 Å². The van der Waals surface area contributed by atoms with Crippen LogP contribution < -0.4 is 16.8 Å². The molecule has 0 fully saturated rings. The van der Waals surface area contributed by atoms with Gasteiger partial charge >= 0.3 is 6.18 Å². The lowest BCUT2D eigenvalue weighted by Gasteiger charge is -2.14. The Morgan fingerprint density at radius 1 is 1.10 bits per heavy atom. The smallest absolute Gasteiger partial charge is 0.370 e. The molecule has 166 valence electrons. The average Bonchev–Trinajstić information content (AvgIpc) is 2.66. The predicted octanol–water partition coefficient (Wildman–Crippen LogP) is 2.73. The second-order valence-corrected chi connectivity index (χ2v) is 7.30. The molecule has 0 saturated heterocycles. The summed E-state index contributed by atoms with van der Waals surface area (Å²) >= 11 is 6.12. The van der Waals surface area contributed by atoms with Crippen LogP contribution in [0.3, 0.4) is 0 Å². The Balaban J connectivity index is 2.58. The maximum atomic E-state index is 13.2. The van der Waals surface area contributed by atoms with Gasteiger partial charge in [0.2, 0.25) is 0 Å². The summed E-state index contributed by atoms with van der Waals surface area (Å²) in [4.78, 5) is 30.2. The van der Waals surface area contributed by atoms with Gasteiger partial charge in [-0.3, -0.25) is 9.59 Å². The van der Waals surface area contributed by atoms with E-state index >= 15 is 0 Å². The molecule has 0 aliphatic heterocycles. The topological polar surface area (TPSA) is 114 Å². The van der Waals surface area contributed by atoms with E-state index in [9.17, 15) is 22.8 Å². The molecule has 0 aliphatic carbocycles. The molecule has 5 N–H and O–H groups in total. The SMILES string of the molecule is CN(C)CCNC(=O)c1cc(C(=O)N=C(N)N)cc(-c2cc(C(F)(F)F)ccc2Cl)c1. The summed E-state index contributed by atoms with van der Waals surface area (Å²) in [6.45, 7) is 0.877. The second-order valence-electron chi connectivity index (χ2n) is 6.89. The molecule has 0 radical (unpaired) electrons. The summed E-state index contributed by atoms with van der Waals surface area (Å²) in [5.74, 6) is -1.87. The number of alkyl halides is 3. The number of hydrogen-bond donors (Lipinski definition) is 3. The molecule has 0 unspecified atom stereocenters. The Bertz CT molecular complexity index is 1020. The summed E-state index contributed by atoms with van der Waals surface area (Å²) in [6, 6.07) is 6.66. The zero-order valence-electron chi connectivity index (χ0n) is 16.8. The predicted molar refractivity (Wildman–Crippen MR) is 113 cm³/mol. The molecular weight excluding hydrogens is 435 g/mol. The molecule has 2 aromatic carbocycles. The van der Waals surface area contributed by atoms with Crippen molar-refractivity contribution >= 4 is 29.4 Å². The van der Waals surface area contributed by atoms with Gasteiger partial charge in [-0.05, 0) is 56.1 Å². The molecule has 2 rings (SSSR count). The van der Waals surface area contributed by atoms with Gasteiger partial charge < -0.3 is 21.7 Å². The third-order valence-corrected chi connectivity index (χ3v) is 4.45. The summed E-state index contributed by atoms with van der Waals surface area (Å²) < 4.78 is 39.5. The molecule has 7 nitrogen and oxygen atoms in total. The van der Waals surface area contributed by atoms with Gasteiger partial charge in [-0.1, -0.05) is 11.6 Å². The van der Waals surface area contributed by atoms with Crippen molar-refractivity contribution in [3.63, 3.8) is 0 Å². The van der Waals surface area contributed by atoms with Crippen LogP contribution in [0.5, 0.6) is 0 Å². The van der Waals surface area contributed by atoms with Gasteiger partial charge in [0, 0.05) is 34.8 Å². The zero-order valence-corrected chi connectivity index (χ0v) is 17.5. The molecule has 2 aromatic rings. The van der Waals surface area contributed by atoms with Gasteiger partial charge in [0.05, 0.1) is 5.56 Å². The third-order valence-electron chi connectivity index (χ3n) is 4.12. The van der Waals surface area contributed by atoms with E-state index in [1.165, 1.54) is 18.2 Å². The molecule has 0 saturated carbocycles. The molecule has 31 heavy (non-hydrogen) atoms. The lowest BCUT2D eigenvalue weighted by molar-refractivity contribution is -0.137. The van der Waals surface area contributed by atoms with Crippen LogP contribution >= 0.6 is 11.6 Å². The standard InChI is InChI=1S/C20H21ClF3N5O2/c1-29(2)6-5-27-17(30)12-7-11(8-13(9-12)18(31)28-19(25)26)15-10-14(20(22,23)24)3-4-16(15)21/h3-4,7-10H,5-6H2,1-2H3,(H,27,30)(H4,25,26,28,31). The van der Waals surface area contributed by atoms with Crippen LogP contribution in [0.4, 0.5) is 13.2 Å². The molecule has 0 spiro atoms. The number of aliphatic imine (C=N–C) groups is 1. The van der Waals surface area contributed by atoms with Gasteiger partial charge in [-0.25, -0.2) is 0 Å². The molecule has 0 aliphatic rings. The molecular formula is C20H21ClF3N5O2. The van der Waals surface area contributed by atoms with E-state index in [0.717, 1.165) is 18.2 Å². The first-order valence-electron chi connectivity index (χ1n) is 8.97. The summed E-state index contributed by atoms with van der Waals surface area (Å²) in [6.07, 6.45) is -4.60. The van der Waals surface area contributed by atoms with Gasteiger partial charge in [0.1, 0.15) is 0 Å². The van der Waals surface area contributed by atoms with Gasteiger partial charge in [0.15, 0.2) is 5.96 Å². The van der Waals surface area contributed by atoms with Crippen LogP contribution in [0.25, 0.3) is 11.1 Å². The van der Waals surface area contributed by atoms with E-state index in [2.05, 4.69) is 10.3 Å².